The van der Waals surface area contributed by atoms with Gasteiger partial charge in [0, 0.05) is 24.5 Å². The summed E-state index contributed by atoms with van der Waals surface area (Å²) < 4.78 is 0. The Morgan fingerprint density at radius 3 is 3.18 bits per heavy atom. The molecule has 0 radical (unpaired) electrons. The van der Waals surface area contributed by atoms with E-state index in [4.69, 9.17) is 5.73 Å². The molecule has 2 aromatic rings. The second-order valence-corrected chi connectivity index (χ2v) is 4.53. The van der Waals surface area contributed by atoms with Crippen LogP contribution < -0.4 is 16.0 Å². The number of H-pyrrole nitrogens is 1. The summed E-state index contributed by atoms with van der Waals surface area (Å²) in [5.41, 5.74) is 8.07. The van der Waals surface area contributed by atoms with Gasteiger partial charge in [0.25, 0.3) is 0 Å². The Morgan fingerprint density at radius 1 is 1.53 bits per heavy atom. The second-order valence-electron chi connectivity index (χ2n) is 4.53. The standard InChI is InChI=1S/C12H17N5/c1-14-8-5-6-17(7-8)10-4-2-3-9-11(10)15-16-12(9)13/h2-4,8,14H,5-7H2,1H3,(H3,13,15,16). The molecule has 1 fully saturated rings. The predicted octanol–water partition coefficient (Wildman–Crippen LogP) is 0.943. The molecule has 1 atom stereocenters. The van der Waals surface area contributed by atoms with Crippen molar-refractivity contribution in [2.24, 2.45) is 0 Å². The van der Waals surface area contributed by atoms with E-state index in [2.05, 4.69) is 26.5 Å². The van der Waals surface area contributed by atoms with Gasteiger partial charge in [-0.25, -0.2) is 0 Å². The highest BCUT2D eigenvalue weighted by molar-refractivity contribution is 5.97. The van der Waals surface area contributed by atoms with Gasteiger partial charge in [0.15, 0.2) is 5.82 Å². The first-order valence-electron chi connectivity index (χ1n) is 5.94. The summed E-state index contributed by atoms with van der Waals surface area (Å²) in [6.07, 6.45) is 1.18. The second kappa shape index (κ2) is 3.92. The van der Waals surface area contributed by atoms with Crippen molar-refractivity contribution in [1.82, 2.24) is 15.5 Å². The molecule has 0 saturated carbocycles. The van der Waals surface area contributed by atoms with Crippen LogP contribution in [0.5, 0.6) is 0 Å². The van der Waals surface area contributed by atoms with E-state index in [1.165, 1.54) is 12.1 Å². The smallest absolute Gasteiger partial charge is 0.153 e. The number of likely N-dealkylation sites (N-methyl/N-ethyl adjacent to an activating group) is 1. The zero-order valence-corrected chi connectivity index (χ0v) is 9.90. The number of benzene rings is 1. The van der Waals surface area contributed by atoms with Crippen molar-refractivity contribution in [2.75, 3.05) is 30.8 Å². The van der Waals surface area contributed by atoms with Crippen LogP contribution in [0.2, 0.25) is 0 Å². The zero-order chi connectivity index (χ0) is 11.8. The maximum absolute atomic E-state index is 5.82. The Bertz CT molecular complexity index is 533. The summed E-state index contributed by atoms with van der Waals surface area (Å²) in [6, 6.07) is 6.74. The molecule has 4 N–H and O–H groups in total. The number of nitrogens with one attached hydrogen (secondary N) is 2. The lowest BCUT2D eigenvalue weighted by Crippen LogP contribution is -2.29. The van der Waals surface area contributed by atoms with Crippen molar-refractivity contribution < 1.29 is 0 Å². The number of nitrogens with zero attached hydrogens (tertiary/aromatic N) is 2. The third-order valence-electron chi connectivity index (χ3n) is 3.54. The lowest BCUT2D eigenvalue weighted by atomic mass is 10.2. The minimum Gasteiger partial charge on any atom is -0.382 e. The summed E-state index contributed by atoms with van der Waals surface area (Å²) in [4.78, 5) is 2.38. The molecule has 1 unspecified atom stereocenters. The number of nitrogen functional groups attached to an aromatic ring is 1. The number of aromatic nitrogens is 2. The molecular formula is C12H17N5. The highest BCUT2D eigenvalue weighted by Gasteiger charge is 2.23. The molecule has 0 amide bonds. The van der Waals surface area contributed by atoms with Crippen molar-refractivity contribution >= 4 is 22.4 Å². The Hall–Kier alpha value is -1.75. The van der Waals surface area contributed by atoms with E-state index in [0.717, 1.165) is 24.0 Å². The summed E-state index contributed by atoms with van der Waals surface area (Å²) in [6.45, 7) is 2.11. The summed E-state index contributed by atoms with van der Waals surface area (Å²) in [7, 11) is 2.02. The maximum atomic E-state index is 5.82. The molecule has 1 saturated heterocycles. The van der Waals surface area contributed by atoms with Crippen LogP contribution >= 0.6 is 0 Å². The number of rotatable bonds is 2. The first kappa shape index (κ1) is 10.4. The fourth-order valence-corrected chi connectivity index (χ4v) is 2.53. The van der Waals surface area contributed by atoms with E-state index in [9.17, 15) is 0 Å². The van der Waals surface area contributed by atoms with Crippen LogP contribution in [0.4, 0.5) is 11.5 Å². The topological polar surface area (TPSA) is 70.0 Å². The van der Waals surface area contributed by atoms with Gasteiger partial charge >= 0.3 is 0 Å². The van der Waals surface area contributed by atoms with Gasteiger partial charge in [-0.15, -0.1) is 0 Å². The number of hydrogen-bond acceptors (Lipinski definition) is 4. The van der Waals surface area contributed by atoms with Gasteiger partial charge in [0.1, 0.15) is 0 Å². The molecule has 1 aromatic heterocycles. The van der Waals surface area contributed by atoms with Gasteiger partial charge in [0.05, 0.1) is 11.2 Å². The van der Waals surface area contributed by atoms with Gasteiger partial charge in [-0.1, -0.05) is 6.07 Å². The van der Waals surface area contributed by atoms with Crippen LogP contribution in [0.15, 0.2) is 18.2 Å². The van der Waals surface area contributed by atoms with E-state index < -0.39 is 0 Å². The van der Waals surface area contributed by atoms with Crippen LogP contribution in [0.1, 0.15) is 6.42 Å². The molecule has 3 rings (SSSR count). The number of para-hydroxylation sites is 1. The highest BCUT2D eigenvalue weighted by atomic mass is 15.2. The van der Waals surface area contributed by atoms with Crippen LogP contribution in [-0.2, 0) is 0 Å². The van der Waals surface area contributed by atoms with E-state index in [0.29, 0.717) is 11.9 Å². The molecule has 0 aliphatic carbocycles. The molecule has 0 bridgehead atoms. The largest absolute Gasteiger partial charge is 0.382 e. The number of nitrogens with two attached hydrogens (primary N) is 1. The molecular weight excluding hydrogens is 214 g/mol. The van der Waals surface area contributed by atoms with Crippen molar-refractivity contribution in [2.45, 2.75) is 12.5 Å². The molecule has 5 heteroatoms. The number of hydrogen-bond donors (Lipinski definition) is 3. The van der Waals surface area contributed by atoms with Crippen LogP contribution in [0, 0.1) is 0 Å². The van der Waals surface area contributed by atoms with Gasteiger partial charge in [0.2, 0.25) is 0 Å². The van der Waals surface area contributed by atoms with E-state index in [1.54, 1.807) is 0 Å². The molecule has 5 nitrogen and oxygen atoms in total. The normalized spacial score (nSPS) is 20.3. The summed E-state index contributed by atoms with van der Waals surface area (Å²) in [5, 5.41) is 11.4. The van der Waals surface area contributed by atoms with E-state index >= 15 is 0 Å². The number of fused-ring (bicyclic) bond motifs is 1. The Morgan fingerprint density at radius 2 is 2.41 bits per heavy atom. The van der Waals surface area contributed by atoms with Gasteiger partial charge in [-0.3, -0.25) is 5.10 Å². The zero-order valence-electron chi connectivity index (χ0n) is 9.90. The molecule has 90 valence electrons. The first-order valence-corrected chi connectivity index (χ1v) is 5.94. The minimum atomic E-state index is 0.575. The number of anilines is 2. The predicted molar refractivity (Wildman–Crippen MR) is 70.2 cm³/mol. The van der Waals surface area contributed by atoms with Gasteiger partial charge < -0.3 is 16.0 Å². The maximum Gasteiger partial charge on any atom is 0.153 e. The van der Waals surface area contributed by atoms with Crippen molar-refractivity contribution in [3.05, 3.63) is 18.2 Å². The fourth-order valence-electron chi connectivity index (χ4n) is 2.53. The average molecular weight is 231 g/mol. The minimum absolute atomic E-state index is 0.575. The Kier molecular flexibility index (Phi) is 2.40. The van der Waals surface area contributed by atoms with Gasteiger partial charge in [-0.05, 0) is 25.6 Å². The lowest BCUT2D eigenvalue weighted by molar-refractivity contribution is 0.617. The first-order chi connectivity index (χ1) is 8.29. The number of aromatic amines is 1. The average Bonchev–Trinajstić information content (AvgIpc) is 2.96. The summed E-state index contributed by atoms with van der Waals surface area (Å²) in [5.74, 6) is 0.575. The molecule has 1 aromatic carbocycles. The third-order valence-corrected chi connectivity index (χ3v) is 3.54. The molecule has 1 aliphatic rings. The SMILES string of the molecule is CNC1CCN(c2cccc3c(N)n[nH]c23)C1. The van der Waals surface area contributed by atoms with Crippen molar-refractivity contribution in [3.8, 4) is 0 Å². The monoisotopic (exact) mass is 231 g/mol. The molecule has 1 aliphatic heterocycles. The van der Waals surface area contributed by atoms with Crippen molar-refractivity contribution in [3.63, 3.8) is 0 Å². The van der Waals surface area contributed by atoms with Gasteiger partial charge in [-0.2, -0.15) is 5.10 Å². The molecule has 0 spiro atoms. The Labute approximate surface area is 100.0 Å². The quantitative estimate of drug-likeness (QED) is 0.719. The summed E-state index contributed by atoms with van der Waals surface area (Å²) >= 11 is 0. The van der Waals surface area contributed by atoms with E-state index in [-0.39, 0.29) is 0 Å². The highest BCUT2D eigenvalue weighted by Crippen LogP contribution is 2.30. The molecule has 17 heavy (non-hydrogen) atoms. The van der Waals surface area contributed by atoms with Crippen LogP contribution in [0.3, 0.4) is 0 Å². The Balaban J connectivity index is 2.00. The molecule has 2 heterocycles. The van der Waals surface area contributed by atoms with Crippen LogP contribution in [0.25, 0.3) is 10.9 Å². The third kappa shape index (κ3) is 1.63. The van der Waals surface area contributed by atoms with Crippen LogP contribution in [-0.4, -0.2) is 36.4 Å². The lowest BCUT2D eigenvalue weighted by Gasteiger charge is -2.19. The van der Waals surface area contributed by atoms with E-state index in [1.807, 2.05) is 19.2 Å². The fraction of sp³-hybridized carbons (Fsp3) is 0.417. The van der Waals surface area contributed by atoms with Crippen molar-refractivity contribution in [1.29, 1.82) is 0 Å².